The Balaban J connectivity index is 0.000000902. The topological polar surface area (TPSA) is 67.3 Å². The fourth-order valence-corrected chi connectivity index (χ4v) is 1.50. The fraction of sp³-hybridized carbons (Fsp3) is 0. The van der Waals surface area contributed by atoms with Crippen molar-refractivity contribution in [1.29, 1.82) is 0 Å². The molecule has 1 N–H and O–H groups in total. The molecular weight excluding hydrogens is 237 g/mol. The summed E-state index contributed by atoms with van der Waals surface area (Å²) in [5.41, 5.74) is 1.65. The van der Waals surface area contributed by atoms with Crippen LogP contribution < -0.4 is 29.6 Å². The van der Waals surface area contributed by atoms with E-state index in [9.17, 15) is 0 Å². The molecule has 0 spiro atoms. The second-order valence-electron chi connectivity index (χ2n) is 3.46. The number of rotatable bonds is 2. The minimum absolute atomic E-state index is 0. The SMILES string of the molecule is [H-].[Na+].c1ccc(-c2nc(-c3cccnc3)n[nH]2)nc1. The van der Waals surface area contributed by atoms with Crippen LogP contribution in [0.3, 0.4) is 0 Å². The van der Waals surface area contributed by atoms with Crippen LogP contribution >= 0.6 is 0 Å². The third-order valence-electron chi connectivity index (χ3n) is 2.31. The number of H-pyrrole nitrogens is 1. The van der Waals surface area contributed by atoms with E-state index >= 15 is 0 Å². The second-order valence-corrected chi connectivity index (χ2v) is 3.46. The summed E-state index contributed by atoms with van der Waals surface area (Å²) < 4.78 is 0. The summed E-state index contributed by atoms with van der Waals surface area (Å²) in [5, 5.41) is 7.02. The Morgan fingerprint density at radius 1 is 1.06 bits per heavy atom. The van der Waals surface area contributed by atoms with E-state index < -0.39 is 0 Å². The largest absolute Gasteiger partial charge is 1.00 e. The number of aromatic amines is 1. The molecule has 0 atom stereocenters. The molecule has 3 heterocycles. The molecule has 0 fully saturated rings. The Morgan fingerprint density at radius 3 is 2.72 bits per heavy atom. The van der Waals surface area contributed by atoms with Gasteiger partial charge in [0, 0.05) is 24.2 Å². The first kappa shape index (κ1) is 12.9. The van der Waals surface area contributed by atoms with Crippen LogP contribution in [-0.2, 0) is 0 Å². The van der Waals surface area contributed by atoms with E-state index in [1.807, 2.05) is 30.3 Å². The van der Waals surface area contributed by atoms with Crippen molar-refractivity contribution in [1.82, 2.24) is 25.1 Å². The molecule has 18 heavy (non-hydrogen) atoms. The van der Waals surface area contributed by atoms with E-state index in [-0.39, 0.29) is 31.0 Å². The van der Waals surface area contributed by atoms with Crippen LogP contribution in [0.4, 0.5) is 0 Å². The van der Waals surface area contributed by atoms with Crippen molar-refractivity contribution in [3.63, 3.8) is 0 Å². The summed E-state index contributed by atoms with van der Waals surface area (Å²) in [6, 6.07) is 9.43. The average Bonchev–Trinajstić information content (AvgIpc) is 2.90. The van der Waals surface area contributed by atoms with Gasteiger partial charge in [0.25, 0.3) is 0 Å². The number of hydrogen-bond donors (Lipinski definition) is 1. The van der Waals surface area contributed by atoms with Crippen LogP contribution in [0.25, 0.3) is 22.9 Å². The quantitative estimate of drug-likeness (QED) is 0.593. The maximum atomic E-state index is 4.38. The Kier molecular flexibility index (Phi) is 4.19. The van der Waals surface area contributed by atoms with E-state index in [0.29, 0.717) is 11.6 Å². The van der Waals surface area contributed by atoms with Crippen molar-refractivity contribution in [2.45, 2.75) is 0 Å². The molecular formula is C12H10N5Na. The third kappa shape index (κ3) is 2.64. The summed E-state index contributed by atoms with van der Waals surface area (Å²) in [4.78, 5) is 12.6. The number of aromatic nitrogens is 5. The van der Waals surface area contributed by atoms with Gasteiger partial charge in [-0.2, -0.15) is 5.10 Å². The zero-order valence-corrected chi connectivity index (χ0v) is 11.9. The van der Waals surface area contributed by atoms with Gasteiger partial charge in [0.2, 0.25) is 0 Å². The second kappa shape index (κ2) is 5.86. The Hall–Kier alpha value is -1.56. The molecule has 0 amide bonds. The van der Waals surface area contributed by atoms with Gasteiger partial charge in [-0.05, 0) is 24.3 Å². The molecule has 0 aliphatic rings. The van der Waals surface area contributed by atoms with Gasteiger partial charge in [0.05, 0.1) is 0 Å². The molecule has 0 bridgehead atoms. The van der Waals surface area contributed by atoms with Crippen molar-refractivity contribution >= 4 is 0 Å². The predicted molar refractivity (Wildman–Crippen MR) is 64.0 cm³/mol. The zero-order valence-electron chi connectivity index (χ0n) is 10.9. The smallest absolute Gasteiger partial charge is 1.00 e. The molecule has 0 aliphatic heterocycles. The van der Waals surface area contributed by atoms with Gasteiger partial charge in [-0.15, -0.1) is 0 Å². The van der Waals surface area contributed by atoms with Crippen molar-refractivity contribution in [2.75, 3.05) is 0 Å². The summed E-state index contributed by atoms with van der Waals surface area (Å²) >= 11 is 0. The molecule has 0 saturated carbocycles. The summed E-state index contributed by atoms with van der Waals surface area (Å²) in [6.45, 7) is 0. The molecule has 0 unspecified atom stereocenters. The number of pyridine rings is 2. The Bertz CT molecular complexity index is 560. The third-order valence-corrected chi connectivity index (χ3v) is 2.31. The van der Waals surface area contributed by atoms with Crippen LogP contribution in [-0.4, -0.2) is 25.1 Å². The van der Waals surface area contributed by atoms with Gasteiger partial charge >= 0.3 is 29.6 Å². The first-order valence-corrected chi connectivity index (χ1v) is 5.18. The van der Waals surface area contributed by atoms with E-state index in [2.05, 4.69) is 25.1 Å². The van der Waals surface area contributed by atoms with E-state index in [1.54, 1.807) is 18.6 Å². The van der Waals surface area contributed by atoms with Gasteiger partial charge < -0.3 is 1.43 Å². The summed E-state index contributed by atoms with van der Waals surface area (Å²) in [7, 11) is 0. The van der Waals surface area contributed by atoms with Crippen molar-refractivity contribution in [3.05, 3.63) is 48.9 Å². The van der Waals surface area contributed by atoms with Crippen LogP contribution in [0.2, 0.25) is 0 Å². The fourth-order valence-electron chi connectivity index (χ4n) is 1.50. The Morgan fingerprint density at radius 2 is 2.00 bits per heavy atom. The van der Waals surface area contributed by atoms with E-state index in [0.717, 1.165) is 11.3 Å². The average molecular weight is 247 g/mol. The number of nitrogens with one attached hydrogen (secondary N) is 1. The first-order chi connectivity index (χ1) is 8.43. The molecule has 84 valence electrons. The van der Waals surface area contributed by atoms with Crippen molar-refractivity contribution in [3.8, 4) is 22.9 Å². The maximum Gasteiger partial charge on any atom is 1.00 e. The van der Waals surface area contributed by atoms with Crippen LogP contribution in [0.15, 0.2) is 48.9 Å². The molecule has 0 aliphatic carbocycles. The maximum absolute atomic E-state index is 4.38. The van der Waals surface area contributed by atoms with Crippen molar-refractivity contribution < 1.29 is 31.0 Å². The molecule has 3 aromatic rings. The number of nitrogens with zero attached hydrogens (tertiary/aromatic N) is 4. The molecule has 0 aromatic carbocycles. The van der Waals surface area contributed by atoms with Crippen LogP contribution in [0.5, 0.6) is 0 Å². The van der Waals surface area contributed by atoms with Crippen LogP contribution in [0.1, 0.15) is 1.43 Å². The molecule has 5 nitrogen and oxygen atoms in total. The number of hydrogen-bond acceptors (Lipinski definition) is 4. The molecule has 3 aromatic heterocycles. The van der Waals surface area contributed by atoms with Gasteiger partial charge in [-0.1, -0.05) is 6.07 Å². The normalized spacial score (nSPS) is 9.78. The summed E-state index contributed by atoms with van der Waals surface area (Å²) in [5.74, 6) is 1.28. The molecule has 0 saturated heterocycles. The van der Waals surface area contributed by atoms with Gasteiger partial charge in [-0.3, -0.25) is 15.1 Å². The van der Waals surface area contributed by atoms with Gasteiger partial charge in [0.15, 0.2) is 11.6 Å². The Labute approximate surface area is 127 Å². The van der Waals surface area contributed by atoms with E-state index in [4.69, 9.17) is 0 Å². The monoisotopic (exact) mass is 247 g/mol. The van der Waals surface area contributed by atoms with E-state index in [1.165, 1.54) is 0 Å². The minimum Gasteiger partial charge on any atom is -1.00 e. The van der Waals surface area contributed by atoms with Gasteiger partial charge in [0.1, 0.15) is 5.69 Å². The minimum atomic E-state index is 0. The molecule has 6 heteroatoms. The predicted octanol–water partition coefficient (Wildman–Crippen LogP) is -0.955. The zero-order chi connectivity index (χ0) is 11.5. The van der Waals surface area contributed by atoms with Crippen LogP contribution in [0, 0.1) is 0 Å². The molecule has 3 rings (SSSR count). The summed E-state index contributed by atoms with van der Waals surface area (Å²) in [6.07, 6.45) is 5.17. The van der Waals surface area contributed by atoms with Gasteiger partial charge in [-0.25, -0.2) is 4.98 Å². The molecule has 0 radical (unpaired) electrons. The standard InChI is InChI=1S/C12H9N5.Na.H/c1-2-7-14-10(5-1)12-15-11(16-17-12)9-4-3-6-13-8-9;;/h1-8H,(H,15,16,17);;/q;+1;-1. The first-order valence-electron chi connectivity index (χ1n) is 5.18. The van der Waals surface area contributed by atoms with Crippen molar-refractivity contribution in [2.24, 2.45) is 0 Å².